The van der Waals surface area contributed by atoms with Crippen molar-refractivity contribution in [1.82, 2.24) is 0 Å². The zero-order valence-corrected chi connectivity index (χ0v) is 12.1. The van der Waals surface area contributed by atoms with Crippen LogP contribution in [0.2, 0.25) is 10.0 Å². The molecule has 0 aromatic heterocycles. The number of nitrogens with zero attached hydrogens (tertiary/aromatic N) is 2. The number of nitro benzene ring substituents is 1. The summed E-state index contributed by atoms with van der Waals surface area (Å²) in [6.45, 7) is 0. The second-order valence-corrected chi connectivity index (χ2v) is 4.97. The van der Waals surface area contributed by atoms with Gasteiger partial charge >= 0.3 is 0 Å². The fourth-order valence-corrected chi connectivity index (χ4v) is 2.04. The van der Waals surface area contributed by atoms with E-state index in [9.17, 15) is 15.4 Å². The normalized spacial score (nSPS) is 11.0. The van der Waals surface area contributed by atoms with Crippen LogP contribution >= 0.6 is 23.2 Å². The van der Waals surface area contributed by atoms with Crippen molar-refractivity contribution in [3.63, 3.8) is 0 Å². The number of nitriles is 1. The maximum Gasteiger partial charge on any atom is 0.270 e. The van der Waals surface area contributed by atoms with E-state index in [0.717, 1.165) is 0 Å². The third kappa shape index (κ3) is 3.60. The van der Waals surface area contributed by atoms with E-state index in [1.54, 1.807) is 30.3 Å². The lowest BCUT2D eigenvalue weighted by Crippen LogP contribution is -1.89. The van der Waals surface area contributed by atoms with E-state index < -0.39 is 4.92 Å². The Morgan fingerprint density at radius 1 is 1.19 bits per heavy atom. The summed E-state index contributed by atoms with van der Waals surface area (Å²) in [5, 5.41) is 20.8. The standard InChI is InChI=1S/C15H8Cl2N2O2/c16-14-5-4-10(7-15(14)17)6-12(9-18)11-2-1-3-13(8-11)19(20)21/h1-8H/b12-6-. The number of hydrogen-bond donors (Lipinski definition) is 0. The second kappa shape index (κ2) is 6.40. The molecule has 4 nitrogen and oxygen atoms in total. The Labute approximate surface area is 131 Å². The monoisotopic (exact) mass is 318 g/mol. The Hall–Kier alpha value is -2.35. The van der Waals surface area contributed by atoms with Crippen LogP contribution in [0.4, 0.5) is 5.69 Å². The number of hydrogen-bond acceptors (Lipinski definition) is 3. The van der Waals surface area contributed by atoms with Gasteiger partial charge in [-0.25, -0.2) is 0 Å². The molecule has 0 atom stereocenters. The molecular weight excluding hydrogens is 311 g/mol. The molecule has 0 fully saturated rings. The second-order valence-electron chi connectivity index (χ2n) is 4.15. The minimum Gasteiger partial charge on any atom is -0.258 e. The first-order valence-electron chi connectivity index (χ1n) is 5.83. The molecule has 0 aliphatic heterocycles. The molecule has 0 radical (unpaired) electrons. The topological polar surface area (TPSA) is 66.9 Å². The average Bonchev–Trinajstić information content (AvgIpc) is 2.48. The summed E-state index contributed by atoms with van der Waals surface area (Å²) in [7, 11) is 0. The van der Waals surface area contributed by atoms with E-state index in [0.29, 0.717) is 26.7 Å². The zero-order chi connectivity index (χ0) is 15.4. The van der Waals surface area contributed by atoms with Crippen LogP contribution < -0.4 is 0 Å². The van der Waals surface area contributed by atoms with Crippen molar-refractivity contribution in [2.45, 2.75) is 0 Å². The fraction of sp³-hybridized carbons (Fsp3) is 0. The van der Waals surface area contributed by atoms with Crippen molar-refractivity contribution in [3.8, 4) is 6.07 Å². The van der Waals surface area contributed by atoms with Crippen LogP contribution in [0.15, 0.2) is 42.5 Å². The molecule has 2 aromatic carbocycles. The van der Waals surface area contributed by atoms with Crippen molar-refractivity contribution < 1.29 is 4.92 Å². The van der Waals surface area contributed by atoms with Gasteiger partial charge in [-0.2, -0.15) is 5.26 Å². The smallest absolute Gasteiger partial charge is 0.258 e. The molecule has 0 saturated heterocycles. The minimum absolute atomic E-state index is 0.0669. The number of allylic oxidation sites excluding steroid dienone is 1. The number of nitro groups is 1. The van der Waals surface area contributed by atoms with Gasteiger partial charge in [0, 0.05) is 12.1 Å². The third-order valence-electron chi connectivity index (χ3n) is 2.74. The fourth-order valence-electron chi connectivity index (χ4n) is 1.74. The molecule has 6 heteroatoms. The molecule has 0 saturated carbocycles. The van der Waals surface area contributed by atoms with Gasteiger partial charge in [0.25, 0.3) is 5.69 Å². The van der Waals surface area contributed by atoms with Crippen LogP contribution in [0.5, 0.6) is 0 Å². The summed E-state index contributed by atoms with van der Waals surface area (Å²) >= 11 is 11.8. The molecule has 2 rings (SSSR count). The van der Waals surface area contributed by atoms with Crippen LogP contribution in [0.1, 0.15) is 11.1 Å². The molecular formula is C15H8Cl2N2O2. The highest BCUT2D eigenvalue weighted by Crippen LogP contribution is 2.26. The molecule has 0 unspecified atom stereocenters. The van der Waals surface area contributed by atoms with Crippen molar-refractivity contribution in [1.29, 1.82) is 5.26 Å². The molecule has 0 heterocycles. The Kier molecular flexibility index (Phi) is 4.59. The highest BCUT2D eigenvalue weighted by molar-refractivity contribution is 6.42. The first-order valence-corrected chi connectivity index (χ1v) is 6.58. The maximum atomic E-state index is 10.8. The quantitative estimate of drug-likeness (QED) is 0.347. The first-order chi connectivity index (χ1) is 10.0. The minimum atomic E-state index is -0.502. The van der Waals surface area contributed by atoms with Gasteiger partial charge in [0.05, 0.1) is 26.6 Å². The van der Waals surface area contributed by atoms with Gasteiger partial charge in [0.1, 0.15) is 0 Å². The van der Waals surface area contributed by atoms with Crippen LogP contribution in [-0.4, -0.2) is 4.92 Å². The van der Waals surface area contributed by atoms with Gasteiger partial charge in [0.15, 0.2) is 0 Å². The SMILES string of the molecule is N#C/C(=C/c1ccc(Cl)c(Cl)c1)c1cccc([N+](=O)[O-])c1. The van der Waals surface area contributed by atoms with Crippen molar-refractivity contribution in [2.75, 3.05) is 0 Å². The van der Waals surface area contributed by atoms with Crippen LogP contribution in [0, 0.1) is 21.4 Å². The largest absolute Gasteiger partial charge is 0.270 e. The average molecular weight is 319 g/mol. The lowest BCUT2D eigenvalue weighted by molar-refractivity contribution is -0.384. The van der Waals surface area contributed by atoms with Gasteiger partial charge in [0.2, 0.25) is 0 Å². The summed E-state index contributed by atoms with van der Waals surface area (Å²) in [6, 6.07) is 12.9. The summed E-state index contributed by atoms with van der Waals surface area (Å²) in [4.78, 5) is 10.3. The number of benzene rings is 2. The molecule has 2 aromatic rings. The zero-order valence-electron chi connectivity index (χ0n) is 10.6. The molecule has 21 heavy (non-hydrogen) atoms. The predicted octanol–water partition coefficient (Wildman–Crippen LogP) is 4.97. The first kappa shape index (κ1) is 15.0. The van der Waals surface area contributed by atoms with E-state index in [1.165, 1.54) is 18.2 Å². The van der Waals surface area contributed by atoms with Crippen LogP contribution in [0.3, 0.4) is 0 Å². The lowest BCUT2D eigenvalue weighted by atomic mass is 10.0. The van der Waals surface area contributed by atoms with Gasteiger partial charge in [-0.05, 0) is 29.3 Å². The Bertz CT molecular complexity index is 779. The van der Waals surface area contributed by atoms with Crippen LogP contribution in [-0.2, 0) is 0 Å². The van der Waals surface area contributed by atoms with E-state index >= 15 is 0 Å². The third-order valence-corrected chi connectivity index (χ3v) is 3.48. The Morgan fingerprint density at radius 3 is 2.57 bits per heavy atom. The lowest BCUT2D eigenvalue weighted by Gasteiger charge is -2.01. The molecule has 0 aliphatic carbocycles. The summed E-state index contributed by atoms with van der Waals surface area (Å²) < 4.78 is 0. The summed E-state index contributed by atoms with van der Waals surface area (Å²) in [5.74, 6) is 0. The predicted molar refractivity (Wildman–Crippen MR) is 83.0 cm³/mol. The van der Waals surface area contributed by atoms with E-state index in [2.05, 4.69) is 0 Å². The molecule has 0 aliphatic rings. The van der Waals surface area contributed by atoms with E-state index in [1.807, 2.05) is 6.07 Å². The molecule has 0 amide bonds. The number of non-ortho nitro benzene ring substituents is 1. The van der Waals surface area contributed by atoms with Crippen molar-refractivity contribution in [3.05, 3.63) is 73.8 Å². The Morgan fingerprint density at radius 2 is 1.95 bits per heavy atom. The molecule has 0 N–H and O–H groups in total. The highest BCUT2D eigenvalue weighted by Gasteiger charge is 2.09. The van der Waals surface area contributed by atoms with Gasteiger partial charge in [-0.3, -0.25) is 10.1 Å². The van der Waals surface area contributed by atoms with Crippen LogP contribution in [0.25, 0.3) is 11.6 Å². The van der Waals surface area contributed by atoms with Gasteiger partial charge in [-0.15, -0.1) is 0 Å². The summed E-state index contributed by atoms with van der Waals surface area (Å²) in [6.07, 6.45) is 1.60. The number of halogens is 2. The Balaban J connectivity index is 2.46. The van der Waals surface area contributed by atoms with Crippen molar-refractivity contribution in [2.24, 2.45) is 0 Å². The number of rotatable bonds is 3. The molecule has 104 valence electrons. The molecule has 0 bridgehead atoms. The van der Waals surface area contributed by atoms with Crippen molar-refractivity contribution >= 4 is 40.5 Å². The van der Waals surface area contributed by atoms with Gasteiger partial charge in [-0.1, -0.05) is 41.4 Å². The van der Waals surface area contributed by atoms with E-state index in [4.69, 9.17) is 23.2 Å². The van der Waals surface area contributed by atoms with Gasteiger partial charge < -0.3 is 0 Å². The molecule has 0 spiro atoms. The highest BCUT2D eigenvalue weighted by atomic mass is 35.5. The maximum absolute atomic E-state index is 10.8. The summed E-state index contributed by atoms with van der Waals surface area (Å²) in [5.41, 5.74) is 1.39. The van der Waals surface area contributed by atoms with E-state index in [-0.39, 0.29) is 5.69 Å².